The van der Waals surface area contributed by atoms with E-state index in [0.29, 0.717) is 0 Å². The molecule has 0 aliphatic heterocycles. The largest absolute Gasteiger partial charge is 0.450 e. The molecule has 0 aliphatic rings. The molecule has 0 unspecified atom stereocenters. The van der Waals surface area contributed by atoms with Crippen molar-refractivity contribution in [3.8, 4) is 11.8 Å². The predicted octanol–water partition coefficient (Wildman–Crippen LogP) is 3.16. The highest BCUT2D eigenvalue weighted by atomic mass is 16.6. The van der Waals surface area contributed by atoms with Crippen LogP contribution < -0.4 is 0 Å². The van der Waals surface area contributed by atoms with E-state index in [1.54, 1.807) is 0 Å². The van der Waals surface area contributed by atoms with Gasteiger partial charge < -0.3 is 4.74 Å². The Morgan fingerprint density at radius 3 is 2.13 bits per heavy atom. The predicted molar refractivity (Wildman–Crippen MR) is 62.3 cm³/mol. The summed E-state index contributed by atoms with van der Waals surface area (Å²) in [5.41, 5.74) is -0.563. The van der Waals surface area contributed by atoms with Crippen LogP contribution in [0.1, 0.15) is 54.4 Å². The highest BCUT2D eigenvalue weighted by Crippen LogP contribution is 2.20. The molecule has 2 nitrogen and oxygen atoms in total. The van der Waals surface area contributed by atoms with Crippen molar-refractivity contribution in [2.24, 2.45) is 5.41 Å². The molecular formula is C13H22O2. The molecule has 0 atom stereocenters. The van der Waals surface area contributed by atoms with Crippen LogP contribution in [-0.4, -0.2) is 11.6 Å². The molecule has 0 heterocycles. The van der Waals surface area contributed by atoms with Crippen LogP contribution in [0.2, 0.25) is 0 Å². The Bertz CT molecular complexity index is 271. The lowest BCUT2D eigenvalue weighted by atomic mass is 9.89. The van der Waals surface area contributed by atoms with Gasteiger partial charge in [0.15, 0.2) is 0 Å². The second-order valence-electron chi connectivity index (χ2n) is 5.39. The minimum absolute atomic E-state index is 0.106. The fourth-order valence-corrected chi connectivity index (χ4v) is 1.21. The van der Waals surface area contributed by atoms with Crippen molar-refractivity contribution in [2.45, 2.75) is 60.0 Å². The number of esters is 1. The third-order valence-electron chi connectivity index (χ3n) is 1.78. The maximum absolute atomic E-state index is 11.3. The fourth-order valence-electron chi connectivity index (χ4n) is 1.21. The SMILES string of the molecule is CCCC(C)(C)C#CC(=O)OC(C)(C)C. The zero-order valence-corrected chi connectivity index (χ0v) is 10.7. The average molecular weight is 210 g/mol. The van der Waals surface area contributed by atoms with Crippen molar-refractivity contribution in [3.05, 3.63) is 0 Å². The Hall–Kier alpha value is -0.970. The number of hydrogen-bond acceptors (Lipinski definition) is 2. The highest BCUT2D eigenvalue weighted by molar-refractivity contribution is 5.88. The topological polar surface area (TPSA) is 26.3 Å². The average Bonchev–Trinajstić information content (AvgIpc) is 1.98. The van der Waals surface area contributed by atoms with Crippen LogP contribution in [0.5, 0.6) is 0 Å². The fraction of sp³-hybridized carbons (Fsp3) is 0.769. The van der Waals surface area contributed by atoms with Gasteiger partial charge in [-0.05, 0) is 41.0 Å². The van der Waals surface area contributed by atoms with Gasteiger partial charge in [0, 0.05) is 11.3 Å². The van der Waals surface area contributed by atoms with E-state index in [0.717, 1.165) is 12.8 Å². The minimum atomic E-state index is -0.458. The van der Waals surface area contributed by atoms with E-state index in [4.69, 9.17) is 4.74 Å². The monoisotopic (exact) mass is 210 g/mol. The summed E-state index contributed by atoms with van der Waals surface area (Å²) in [6.07, 6.45) is 2.05. The van der Waals surface area contributed by atoms with E-state index in [1.165, 1.54) is 0 Å². The van der Waals surface area contributed by atoms with Gasteiger partial charge in [0.25, 0.3) is 0 Å². The summed E-state index contributed by atoms with van der Waals surface area (Å²) >= 11 is 0. The van der Waals surface area contributed by atoms with Crippen molar-refractivity contribution < 1.29 is 9.53 Å². The first-order valence-electron chi connectivity index (χ1n) is 5.42. The third kappa shape index (κ3) is 8.05. The molecule has 0 aromatic rings. The molecule has 0 spiro atoms. The van der Waals surface area contributed by atoms with E-state index in [2.05, 4.69) is 18.8 Å². The van der Waals surface area contributed by atoms with Gasteiger partial charge in [0.1, 0.15) is 5.60 Å². The summed E-state index contributed by atoms with van der Waals surface area (Å²) in [5, 5.41) is 0. The molecular weight excluding hydrogens is 188 g/mol. The maximum atomic E-state index is 11.3. The molecule has 86 valence electrons. The van der Waals surface area contributed by atoms with E-state index in [9.17, 15) is 4.79 Å². The van der Waals surface area contributed by atoms with Gasteiger partial charge in [0.2, 0.25) is 0 Å². The first-order chi connectivity index (χ1) is 6.66. The Morgan fingerprint density at radius 1 is 1.20 bits per heavy atom. The normalized spacial score (nSPS) is 11.6. The molecule has 15 heavy (non-hydrogen) atoms. The Morgan fingerprint density at radius 2 is 1.73 bits per heavy atom. The summed E-state index contributed by atoms with van der Waals surface area (Å²) in [4.78, 5) is 11.3. The van der Waals surface area contributed by atoms with Gasteiger partial charge in [-0.3, -0.25) is 0 Å². The van der Waals surface area contributed by atoms with Gasteiger partial charge in [-0.1, -0.05) is 19.3 Å². The lowest BCUT2D eigenvalue weighted by Gasteiger charge is -2.18. The lowest BCUT2D eigenvalue weighted by Crippen LogP contribution is -2.23. The van der Waals surface area contributed by atoms with E-state index in [-0.39, 0.29) is 5.41 Å². The minimum Gasteiger partial charge on any atom is -0.450 e. The standard InChI is InChI=1S/C13H22O2/c1-7-9-13(5,6)10-8-11(14)15-12(2,3)4/h7,9H2,1-6H3. The summed E-state index contributed by atoms with van der Waals surface area (Å²) in [7, 11) is 0. The van der Waals surface area contributed by atoms with Gasteiger partial charge in [-0.25, -0.2) is 4.79 Å². The van der Waals surface area contributed by atoms with Crippen molar-refractivity contribution in [3.63, 3.8) is 0 Å². The number of rotatable bonds is 2. The number of carbonyl (C=O) groups is 1. The van der Waals surface area contributed by atoms with E-state index < -0.39 is 11.6 Å². The van der Waals surface area contributed by atoms with Crippen LogP contribution in [0, 0.1) is 17.3 Å². The second kappa shape index (κ2) is 5.21. The molecule has 0 fully saturated rings. The third-order valence-corrected chi connectivity index (χ3v) is 1.78. The molecule has 0 aromatic carbocycles. The zero-order valence-electron chi connectivity index (χ0n) is 10.7. The molecule has 0 N–H and O–H groups in total. The zero-order chi connectivity index (χ0) is 12.1. The second-order valence-corrected chi connectivity index (χ2v) is 5.39. The Kier molecular flexibility index (Phi) is 4.87. The number of hydrogen-bond donors (Lipinski definition) is 0. The lowest BCUT2D eigenvalue weighted by molar-refractivity contribution is -0.147. The van der Waals surface area contributed by atoms with Crippen LogP contribution in [0.15, 0.2) is 0 Å². The van der Waals surface area contributed by atoms with Crippen LogP contribution in [0.25, 0.3) is 0 Å². The van der Waals surface area contributed by atoms with Crippen LogP contribution in [0.3, 0.4) is 0 Å². The van der Waals surface area contributed by atoms with Crippen LogP contribution >= 0.6 is 0 Å². The number of ether oxygens (including phenoxy) is 1. The molecule has 0 aromatic heterocycles. The van der Waals surface area contributed by atoms with E-state index in [1.807, 2.05) is 34.6 Å². The summed E-state index contributed by atoms with van der Waals surface area (Å²) in [6.45, 7) is 11.7. The van der Waals surface area contributed by atoms with Crippen molar-refractivity contribution >= 4 is 5.97 Å². The van der Waals surface area contributed by atoms with Gasteiger partial charge in [-0.15, -0.1) is 0 Å². The smallest absolute Gasteiger partial charge is 0.384 e. The first-order valence-corrected chi connectivity index (χ1v) is 5.42. The van der Waals surface area contributed by atoms with Crippen LogP contribution in [0.4, 0.5) is 0 Å². The summed E-state index contributed by atoms with van der Waals surface area (Å²) in [6, 6.07) is 0. The quantitative estimate of drug-likeness (QED) is 0.397. The van der Waals surface area contributed by atoms with Crippen molar-refractivity contribution in [1.82, 2.24) is 0 Å². The molecule has 0 aliphatic carbocycles. The van der Waals surface area contributed by atoms with Crippen LogP contribution in [-0.2, 0) is 9.53 Å². The molecule has 0 amide bonds. The molecule has 0 saturated heterocycles. The summed E-state index contributed by atoms with van der Waals surface area (Å²) in [5.74, 6) is 5.07. The number of carbonyl (C=O) groups excluding carboxylic acids is 1. The Balaban J connectivity index is 4.35. The Labute approximate surface area is 93.4 Å². The van der Waals surface area contributed by atoms with Gasteiger partial charge >= 0.3 is 5.97 Å². The molecule has 0 rings (SSSR count). The molecule has 2 heteroatoms. The van der Waals surface area contributed by atoms with Crippen molar-refractivity contribution in [2.75, 3.05) is 0 Å². The molecule has 0 saturated carbocycles. The van der Waals surface area contributed by atoms with Gasteiger partial charge in [-0.2, -0.15) is 0 Å². The summed E-state index contributed by atoms with van der Waals surface area (Å²) < 4.78 is 5.10. The van der Waals surface area contributed by atoms with Gasteiger partial charge in [0.05, 0.1) is 0 Å². The van der Waals surface area contributed by atoms with Crippen molar-refractivity contribution in [1.29, 1.82) is 0 Å². The molecule has 0 radical (unpaired) electrons. The maximum Gasteiger partial charge on any atom is 0.384 e. The molecule has 0 bridgehead atoms. The highest BCUT2D eigenvalue weighted by Gasteiger charge is 2.16. The van der Waals surface area contributed by atoms with E-state index >= 15 is 0 Å². The first kappa shape index (κ1) is 14.0.